The minimum Gasteiger partial charge on any atom is -0.486 e. The molecule has 4 aromatic rings. The average molecular weight is 345 g/mol. The summed E-state index contributed by atoms with van der Waals surface area (Å²) in [7, 11) is 0. The van der Waals surface area contributed by atoms with Gasteiger partial charge in [0.15, 0.2) is 11.5 Å². The minimum absolute atomic E-state index is 0.381. The predicted molar refractivity (Wildman–Crippen MR) is 102 cm³/mol. The van der Waals surface area contributed by atoms with Crippen LogP contribution < -0.4 is 15.2 Å². The normalized spacial score (nSPS) is 13.4. The lowest BCUT2D eigenvalue weighted by atomic mass is 10.0. The van der Waals surface area contributed by atoms with Crippen LogP contribution in [0.15, 0.2) is 54.6 Å². The molecule has 5 nitrogen and oxygen atoms in total. The van der Waals surface area contributed by atoms with Crippen LogP contribution in [0, 0.1) is 0 Å². The monoisotopic (exact) mass is 345 g/mol. The van der Waals surface area contributed by atoms with Gasteiger partial charge in [-0.3, -0.25) is 0 Å². The molecule has 0 amide bonds. The Kier molecular flexibility index (Phi) is 3.53. The maximum Gasteiger partial charge on any atom is 0.163 e. The summed E-state index contributed by atoms with van der Waals surface area (Å²) in [6.45, 7) is 2.23. The Bertz CT molecular complexity index is 1110. The largest absolute Gasteiger partial charge is 0.486 e. The van der Waals surface area contributed by atoms with Crippen LogP contribution in [0.5, 0.6) is 11.5 Å². The molecule has 0 atom stereocenters. The van der Waals surface area contributed by atoms with Gasteiger partial charge < -0.3 is 19.8 Å². The Morgan fingerprint density at radius 3 is 2.58 bits per heavy atom. The summed E-state index contributed by atoms with van der Waals surface area (Å²) in [6, 6.07) is 18.8. The fourth-order valence-electron chi connectivity index (χ4n) is 3.64. The quantitative estimate of drug-likeness (QED) is 0.618. The van der Waals surface area contributed by atoms with Gasteiger partial charge in [0, 0.05) is 18.7 Å². The number of ether oxygens (including phenoxy) is 2. The third kappa shape index (κ3) is 2.40. The van der Waals surface area contributed by atoms with E-state index in [2.05, 4.69) is 47.0 Å². The second kappa shape index (κ2) is 6.04. The molecule has 0 saturated heterocycles. The van der Waals surface area contributed by atoms with Gasteiger partial charge >= 0.3 is 0 Å². The first-order valence-corrected chi connectivity index (χ1v) is 8.79. The summed E-state index contributed by atoms with van der Waals surface area (Å²) in [6.07, 6.45) is 0. The second-order valence-electron chi connectivity index (χ2n) is 6.44. The van der Waals surface area contributed by atoms with Crippen LogP contribution >= 0.6 is 0 Å². The molecule has 2 heterocycles. The third-order valence-corrected chi connectivity index (χ3v) is 4.88. The van der Waals surface area contributed by atoms with E-state index in [9.17, 15) is 0 Å². The molecule has 5 heteroatoms. The highest BCUT2D eigenvalue weighted by molar-refractivity contribution is 5.86. The summed E-state index contributed by atoms with van der Waals surface area (Å²) in [4.78, 5) is 4.72. The van der Waals surface area contributed by atoms with Crippen molar-refractivity contribution < 1.29 is 9.47 Å². The number of imidazole rings is 1. The van der Waals surface area contributed by atoms with E-state index in [0.717, 1.165) is 28.4 Å². The zero-order valence-electron chi connectivity index (χ0n) is 14.3. The Morgan fingerprint density at radius 2 is 1.73 bits per heavy atom. The topological polar surface area (TPSA) is 62.3 Å². The molecular weight excluding hydrogens is 326 g/mol. The van der Waals surface area contributed by atoms with Crippen molar-refractivity contribution in [2.75, 3.05) is 13.2 Å². The van der Waals surface area contributed by atoms with Gasteiger partial charge in [0.25, 0.3) is 0 Å². The summed E-state index contributed by atoms with van der Waals surface area (Å²) in [5.41, 5.74) is 9.13. The van der Waals surface area contributed by atoms with E-state index in [1.807, 2.05) is 12.1 Å². The molecule has 5 rings (SSSR count). The van der Waals surface area contributed by atoms with Gasteiger partial charge in [0.05, 0.1) is 17.6 Å². The van der Waals surface area contributed by atoms with Crippen molar-refractivity contribution in [3.8, 4) is 11.5 Å². The van der Waals surface area contributed by atoms with E-state index in [1.54, 1.807) is 0 Å². The lowest BCUT2D eigenvalue weighted by molar-refractivity contribution is 0.172. The Morgan fingerprint density at radius 1 is 0.962 bits per heavy atom. The maximum atomic E-state index is 5.99. The lowest BCUT2D eigenvalue weighted by Gasteiger charge is -2.18. The van der Waals surface area contributed by atoms with Gasteiger partial charge in [-0.05, 0) is 16.3 Å². The molecule has 0 aliphatic carbocycles. The molecule has 1 aliphatic heterocycles. The van der Waals surface area contributed by atoms with Gasteiger partial charge in [0.2, 0.25) is 0 Å². The van der Waals surface area contributed by atoms with Crippen molar-refractivity contribution in [2.24, 2.45) is 5.73 Å². The average Bonchev–Trinajstić information content (AvgIpc) is 3.03. The molecule has 0 radical (unpaired) electrons. The molecule has 3 aromatic carbocycles. The molecule has 0 fully saturated rings. The van der Waals surface area contributed by atoms with Crippen LogP contribution in [0.4, 0.5) is 0 Å². The predicted octanol–water partition coefficient (Wildman–Crippen LogP) is 3.47. The van der Waals surface area contributed by atoms with Gasteiger partial charge in [-0.2, -0.15) is 0 Å². The van der Waals surface area contributed by atoms with E-state index < -0.39 is 0 Å². The first kappa shape index (κ1) is 15.2. The number of aromatic nitrogens is 2. The van der Waals surface area contributed by atoms with E-state index in [4.69, 9.17) is 20.2 Å². The molecule has 1 aromatic heterocycles. The van der Waals surface area contributed by atoms with Crippen molar-refractivity contribution in [3.05, 3.63) is 66.0 Å². The summed E-state index contributed by atoms with van der Waals surface area (Å²) in [5.74, 6) is 2.38. The summed E-state index contributed by atoms with van der Waals surface area (Å²) >= 11 is 0. The van der Waals surface area contributed by atoms with Crippen LogP contribution in [-0.2, 0) is 13.1 Å². The standard InChI is InChI=1S/C21H19N3O2/c22-12-21-23-17-10-19-20(26-9-8-25-19)11-18(17)24(21)13-15-6-3-5-14-4-1-2-7-16(14)15/h1-7,10-11H,8-9,12-13,22H2. The van der Waals surface area contributed by atoms with Crippen LogP contribution in [0.3, 0.4) is 0 Å². The molecule has 0 saturated carbocycles. The van der Waals surface area contributed by atoms with Gasteiger partial charge in [-0.15, -0.1) is 0 Å². The van der Waals surface area contributed by atoms with E-state index in [1.165, 1.54) is 16.3 Å². The maximum absolute atomic E-state index is 5.99. The smallest absolute Gasteiger partial charge is 0.163 e. The lowest BCUT2D eigenvalue weighted by Crippen LogP contribution is -2.15. The first-order chi connectivity index (χ1) is 12.8. The minimum atomic E-state index is 0.381. The van der Waals surface area contributed by atoms with Crippen LogP contribution in [0.25, 0.3) is 21.8 Å². The van der Waals surface area contributed by atoms with Gasteiger partial charge in [-0.25, -0.2) is 4.98 Å². The number of hydrogen-bond donors (Lipinski definition) is 1. The first-order valence-electron chi connectivity index (χ1n) is 8.79. The van der Waals surface area contributed by atoms with Crippen molar-refractivity contribution in [1.82, 2.24) is 9.55 Å². The Balaban J connectivity index is 1.67. The van der Waals surface area contributed by atoms with Crippen molar-refractivity contribution >= 4 is 21.8 Å². The SMILES string of the molecule is NCc1nc2cc3c(cc2n1Cc1cccc2ccccc12)OCCO3. The highest BCUT2D eigenvalue weighted by Gasteiger charge is 2.18. The molecular formula is C21H19N3O2. The fraction of sp³-hybridized carbons (Fsp3) is 0.190. The number of rotatable bonds is 3. The van der Waals surface area contributed by atoms with Crippen LogP contribution in [0.1, 0.15) is 11.4 Å². The number of fused-ring (bicyclic) bond motifs is 3. The molecule has 0 bridgehead atoms. The molecule has 0 spiro atoms. The zero-order valence-corrected chi connectivity index (χ0v) is 14.3. The Labute approximate surface area is 151 Å². The number of nitrogens with two attached hydrogens (primary N) is 1. The van der Waals surface area contributed by atoms with Gasteiger partial charge in [-0.1, -0.05) is 42.5 Å². The van der Waals surface area contributed by atoms with Crippen molar-refractivity contribution in [2.45, 2.75) is 13.1 Å². The second-order valence-corrected chi connectivity index (χ2v) is 6.44. The van der Waals surface area contributed by atoms with E-state index in [0.29, 0.717) is 26.3 Å². The highest BCUT2D eigenvalue weighted by atomic mass is 16.6. The summed E-state index contributed by atoms with van der Waals surface area (Å²) < 4.78 is 13.6. The fourth-order valence-corrected chi connectivity index (χ4v) is 3.64. The van der Waals surface area contributed by atoms with Crippen LogP contribution in [0.2, 0.25) is 0 Å². The Hall–Kier alpha value is -3.05. The van der Waals surface area contributed by atoms with Crippen molar-refractivity contribution in [3.63, 3.8) is 0 Å². The highest BCUT2D eigenvalue weighted by Crippen LogP contribution is 2.35. The van der Waals surface area contributed by atoms with E-state index >= 15 is 0 Å². The number of benzene rings is 3. The number of nitrogens with zero attached hydrogens (tertiary/aromatic N) is 2. The molecule has 0 unspecified atom stereocenters. The zero-order chi connectivity index (χ0) is 17.5. The third-order valence-electron chi connectivity index (χ3n) is 4.88. The molecule has 130 valence electrons. The molecule has 2 N–H and O–H groups in total. The molecule has 1 aliphatic rings. The molecule has 26 heavy (non-hydrogen) atoms. The van der Waals surface area contributed by atoms with Gasteiger partial charge in [0.1, 0.15) is 19.0 Å². The number of hydrogen-bond acceptors (Lipinski definition) is 4. The van der Waals surface area contributed by atoms with Crippen molar-refractivity contribution in [1.29, 1.82) is 0 Å². The van der Waals surface area contributed by atoms with E-state index in [-0.39, 0.29) is 0 Å². The van der Waals surface area contributed by atoms with Crippen LogP contribution in [-0.4, -0.2) is 22.8 Å². The summed E-state index contributed by atoms with van der Waals surface area (Å²) in [5, 5.41) is 2.48.